The molecule has 0 amide bonds. The number of benzene rings is 2. The summed E-state index contributed by atoms with van der Waals surface area (Å²) in [4.78, 5) is 0. The predicted octanol–water partition coefficient (Wildman–Crippen LogP) is 3.31. The number of nitrogen functional groups attached to an aromatic ring is 1. The van der Waals surface area contributed by atoms with Gasteiger partial charge >= 0.3 is 0 Å². The lowest BCUT2D eigenvalue weighted by Gasteiger charge is -2.16. The highest BCUT2D eigenvalue weighted by Gasteiger charge is 2.08. The van der Waals surface area contributed by atoms with Gasteiger partial charge in [0.1, 0.15) is 6.07 Å². The van der Waals surface area contributed by atoms with Crippen molar-refractivity contribution in [3.63, 3.8) is 0 Å². The molecule has 1 atom stereocenters. The molecule has 0 aromatic heterocycles. The van der Waals surface area contributed by atoms with Gasteiger partial charge in [-0.3, -0.25) is 0 Å². The van der Waals surface area contributed by atoms with Crippen LogP contribution in [0.25, 0.3) is 0 Å². The molecule has 0 spiro atoms. The Morgan fingerprint density at radius 3 is 2.56 bits per heavy atom. The molecular weight excluding hydrogens is 222 g/mol. The van der Waals surface area contributed by atoms with E-state index in [9.17, 15) is 0 Å². The highest BCUT2D eigenvalue weighted by Crippen LogP contribution is 2.23. The van der Waals surface area contributed by atoms with E-state index in [4.69, 9.17) is 11.0 Å². The summed E-state index contributed by atoms with van der Waals surface area (Å²) in [6.07, 6.45) is 0. The Morgan fingerprint density at radius 2 is 1.89 bits per heavy atom. The van der Waals surface area contributed by atoms with Crippen LogP contribution in [0, 0.1) is 11.3 Å². The van der Waals surface area contributed by atoms with Gasteiger partial charge in [-0.05, 0) is 30.7 Å². The van der Waals surface area contributed by atoms with Crippen LogP contribution in [-0.4, -0.2) is 0 Å². The molecular formula is C15H15N3. The van der Waals surface area contributed by atoms with E-state index in [1.807, 2.05) is 24.3 Å². The van der Waals surface area contributed by atoms with Gasteiger partial charge in [0.05, 0.1) is 11.3 Å². The Hall–Kier alpha value is -2.47. The van der Waals surface area contributed by atoms with Crippen molar-refractivity contribution in [3.8, 4) is 6.07 Å². The number of rotatable bonds is 3. The molecule has 2 aromatic carbocycles. The average molecular weight is 237 g/mol. The molecule has 18 heavy (non-hydrogen) atoms. The molecule has 0 saturated carbocycles. The molecule has 0 unspecified atom stereocenters. The topological polar surface area (TPSA) is 61.8 Å². The molecule has 0 bridgehead atoms. The molecule has 0 fully saturated rings. The number of nitriles is 1. The maximum atomic E-state index is 9.08. The summed E-state index contributed by atoms with van der Waals surface area (Å²) in [6, 6.07) is 17.7. The van der Waals surface area contributed by atoms with E-state index in [1.165, 1.54) is 5.56 Å². The van der Waals surface area contributed by atoms with Crippen molar-refractivity contribution in [1.29, 1.82) is 5.26 Å². The Morgan fingerprint density at radius 1 is 1.17 bits per heavy atom. The minimum absolute atomic E-state index is 0.141. The maximum absolute atomic E-state index is 9.08. The Balaban J connectivity index is 2.22. The van der Waals surface area contributed by atoms with Gasteiger partial charge in [-0.25, -0.2) is 0 Å². The minimum atomic E-state index is 0.141. The van der Waals surface area contributed by atoms with Gasteiger partial charge in [0.25, 0.3) is 0 Å². The van der Waals surface area contributed by atoms with Crippen molar-refractivity contribution >= 4 is 11.4 Å². The number of nitrogens with zero attached hydrogens (tertiary/aromatic N) is 1. The summed E-state index contributed by atoms with van der Waals surface area (Å²) in [5.74, 6) is 0. The first-order valence-electron chi connectivity index (χ1n) is 5.82. The zero-order chi connectivity index (χ0) is 13.0. The monoisotopic (exact) mass is 237 g/mol. The second-order valence-corrected chi connectivity index (χ2v) is 4.19. The van der Waals surface area contributed by atoms with Gasteiger partial charge in [-0.2, -0.15) is 5.26 Å². The largest absolute Gasteiger partial charge is 0.399 e. The Labute approximate surface area is 107 Å². The van der Waals surface area contributed by atoms with Crippen LogP contribution in [0.2, 0.25) is 0 Å². The molecule has 0 aliphatic carbocycles. The van der Waals surface area contributed by atoms with Crippen LogP contribution in [-0.2, 0) is 0 Å². The molecule has 3 N–H and O–H groups in total. The van der Waals surface area contributed by atoms with E-state index in [-0.39, 0.29) is 6.04 Å². The van der Waals surface area contributed by atoms with E-state index in [2.05, 4.69) is 30.4 Å². The van der Waals surface area contributed by atoms with Gasteiger partial charge in [0.15, 0.2) is 0 Å². The normalized spacial score (nSPS) is 11.6. The van der Waals surface area contributed by atoms with Crippen LogP contribution in [0.4, 0.5) is 11.4 Å². The lowest BCUT2D eigenvalue weighted by Crippen LogP contribution is -2.07. The fraction of sp³-hybridized carbons (Fsp3) is 0.133. The van der Waals surface area contributed by atoms with Crippen molar-refractivity contribution in [3.05, 3.63) is 59.7 Å². The van der Waals surface area contributed by atoms with Crippen LogP contribution < -0.4 is 11.1 Å². The van der Waals surface area contributed by atoms with Crippen molar-refractivity contribution in [2.75, 3.05) is 11.1 Å². The second kappa shape index (κ2) is 5.24. The SMILES string of the molecule is C[C@H](Nc1ccc(N)cc1C#N)c1ccccc1. The Bertz CT molecular complexity index is 570. The van der Waals surface area contributed by atoms with E-state index in [0.29, 0.717) is 11.3 Å². The van der Waals surface area contributed by atoms with Crippen molar-refractivity contribution in [2.24, 2.45) is 0 Å². The average Bonchev–Trinajstić information content (AvgIpc) is 2.41. The molecule has 0 saturated heterocycles. The van der Waals surface area contributed by atoms with Gasteiger partial charge in [-0.1, -0.05) is 30.3 Å². The third kappa shape index (κ3) is 2.61. The smallest absolute Gasteiger partial charge is 0.101 e. The predicted molar refractivity (Wildman–Crippen MR) is 74.0 cm³/mol. The van der Waals surface area contributed by atoms with E-state index in [1.54, 1.807) is 12.1 Å². The maximum Gasteiger partial charge on any atom is 0.101 e. The zero-order valence-corrected chi connectivity index (χ0v) is 10.2. The third-order valence-corrected chi connectivity index (χ3v) is 2.84. The fourth-order valence-corrected chi connectivity index (χ4v) is 1.84. The third-order valence-electron chi connectivity index (χ3n) is 2.84. The van der Waals surface area contributed by atoms with Gasteiger partial charge in [-0.15, -0.1) is 0 Å². The fourth-order valence-electron chi connectivity index (χ4n) is 1.84. The van der Waals surface area contributed by atoms with Gasteiger partial charge in [0, 0.05) is 11.7 Å². The van der Waals surface area contributed by atoms with E-state index < -0.39 is 0 Å². The molecule has 0 aliphatic rings. The molecule has 0 aliphatic heterocycles. The summed E-state index contributed by atoms with van der Waals surface area (Å²) in [5.41, 5.74) is 8.82. The molecule has 3 heteroatoms. The second-order valence-electron chi connectivity index (χ2n) is 4.19. The lowest BCUT2D eigenvalue weighted by molar-refractivity contribution is 0.884. The summed E-state index contributed by atoms with van der Waals surface area (Å²) in [6.45, 7) is 2.06. The highest BCUT2D eigenvalue weighted by molar-refractivity contribution is 5.63. The van der Waals surface area contributed by atoms with Gasteiger partial charge < -0.3 is 11.1 Å². The van der Waals surface area contributed by atoms with E-state index >= 15 is 0 Å². The van der Waals surface area contributed by atoms with E-state index in [0.717, 1.165) is 5.69 Å². The standard InChI is InChI=1S/C15H15N3/c1-11(12-5-3-2-4-6-12)18-15-8-7-14(17)9-13(15)10-16/h2-9,11,18H,17H2,1H3/t11-/m0/s1. The highest BCUT2D eigenvalue weighted by atomic mass is 14.9. The number of anilines is 2. The van der Waals surface area contributed by atoms with Crippen molar-refractivity contribution in [1.82, 2.24) is 0 Å². The molecule has 2 aromatic rings. The first-order chi connectivity index (χ1) is 8.70. The quantitative estimate of drug-likeness (QED) is 0.805. The molecule has 0 heterocycles. The lowest BCUT2D eigenvalue weighted by atomic mass is 10.1. The Kier molecular flexibility index (Phi) is 3.49. The molecule has 90 valence electrons. The first-order valence-corrected chi connectivity index (χ1v) is 5.82. The summed E-state index contributed by atoms with van der Waals surface area (Å²) in [5, 5.41) is 12.4. The number of hydrogen-bond donors (Lipinski definition) is 2. The summed E-state index contributed by atoms with van der Waals surface area (Å²) >= 11 is 0. The van der Waals surface area contributed by atoms with Crippen molar-refractivity contribution < 1.29 is 0 Å². The van der Waals surface area contributed by atoms with Crippen LogP contribution in [0.3, 0.4) is 0 Å². The van der Waals surface area contributed by atoms with Crippen molar-refractivity contribution in [2.45, 2.75) is 13.0 Å². The van der Waals surface area contributed by atoms with Crippen LogP contribution in [0.1, 0.15) is 24.1 Å². The summed E-state index contributed by atoms with van der Waals surface area (Å²) < 4.78 is 0. The summed E-state index contributed by atoms with van der Waals surface area (Å²) in [7, 11) is 0. The number of hydrogen-bond acceptors (Lipinski definition) is 3. The zero-order valence-electron chi connectivity index (χ0n) is 10.2. The van der Waals surface area contributed by atoms with Gasteiger partial charge in [0.2, 0.25) is 0 Å². The molecule has 2 rings (SSSR count). The minimum Gasteiger partial charge on any atom is -0.399 e. The van der Waals surface area contributed by atoms with Crippen LogP contribution in [0.15, 0.2) is 48.5 Å². The number of nitrogens with two attached hydrogens (primary N) is 1. The van der Waals surface area contributed by atoms with Crippen LogP contribution >= 0.6 is 0 Å². The first kappa shape index (κ1) is 12.0. The molecule has 0 radical (unpaired) electrons. The number of nitrogens with one attached hydrogen (secondary N) is 1. The van der Waals surface area contributed by atoms with Crippen LogP contribution in [0.5, 0.6) is 0 Å². The molecule has 3 nitrogen and oxygen atoms in total.